The van der Waals surface area contributed by atoms with Crippen LogP contribution in [0.15, 0.2) is 18.3 Å². The van der Waals surface area contributed by atoms with Crippen molar-refractivity contribution in [2.45, 2.75) is 18.6 Å². The summed E-state index contributed by atoms with van der Waals surface area (Å²) in [5.74, 6) is -0.785. The lowest BCUT2D eigenvalue weighted by molar-refractivity contribution is -0.154. The summed E-state index contributed by atoms with van der Waals surface area (Å²) in [7, 11) is 0. The third-order valence-corrected chi connectivity index (χ3v) is 2.74. The molecule has 1 unspecified atom stereocenters. The van der Waals surface area contributed by atoms with Crippen molar-refractivity contribution in [3.8, 4) is 5.88 Å². The molecule has 6 nitrogen and oxygen atoms in total. The average molecular weight is 289 g/mol. The monoisotopic (exact) mass is 289 g/mol. The second-order valence-electron chi connectivity index (χ2n) is 4.32. The first-order chi connectivity index (χ1) is 9.21. The van der Waals surface area contributed by atoms with Crippen molar-refractivity contribution in [2.75, 3.05) is 6.61 Å². The molecule has 9 heteroatoms. The molecule has 3 amide bonds. The van der Waals surface area contributed by atoms with E-state index in [1.54, 1.807) is 0 Å². The molecule has 1 aliphatic heterocycles. The molecule has 2 rings (SSSR count). The molecule has 108 valence electrons. The van der Waals surface area contributed by atoms with Crippen LogP contribution in [-0.4, -0.2) is 29.7 Å². The summed E-state index contributed by atoms with van der Waals surface area (Å²) >= 11 is 0. The first kappa shape index (κ1) is 14.1. The molecular formula is C11H10F3N3O3. The van der Waals surface area contributed by atoms with Gasteiger partial charge < -0.3 is 10.1 Å². The summed E-state index contributed by atoms with van der Waals surface area (Å²) in [6, 6.07) is 1.92. The van der Waals surface area contributed by atoms with E-state index in [1.807, 2.05) is 0 Å². The highest BCUT2D eigenvalue weighted by Crippen LogP contribution is 2.25. The van der Waals surface area contributed by atoms with Gasteiger partial charge in [0.05, 0.1) is 0 Å². The Bertz CT molecular complexity index is 544. The second-order valence-corrected chi connectivity index (χ2v) is 4.32. The van der Waals surface area contributed by atoms with Gasteiger partial charge in [0.2, 0.25) is 5.88 Å². The molecule has 1 aliphatic rings. The number of aromatic nitrogens is 1. The van der Waals surface area contributed by atoms with Gasteiger partial charge in [0.1, 0.15) is 5.54 Å². The van der Waals surface area contributed by atoms with Crippen molar-refractivity contribution < 1.29 is 27.5 Å². The van der Waals surface area contributed by atoms with Crippen molar-refractivity contribution >= 4 is 11.9 Å². The summed E-state index contributed by atoms with van der Waals surface area (Å²) in [4.78, 5) is 26.4. The molecule has 1 saturated heterocycles. The van der Waals surface area contributed by atoms with E-state index < -0.39 is 30.3 Å². The number of imide groups is 1. The third-order valence-electron chi connectivity index (χ3n) is 2.74. The van der Waals surface area contributed by atoms with E-state index in [0.717, 1.165) is 0 Å². The maximum absolute atomic E-state index is 12.0. The molecule has 0 spiro atoms. The molecule has 0 radical (unpaired) electrons. The van der Waals surface area contributed by atoms with Crippen LogP contribution in [0, 0.1) is 0 Å². The Kier molecular flexibility index (Phi) is 3.28. The number of carbonyl (C=O) groups is 2. The molecule has 1 aromatic heterocycles. The van der Waals surface area contributed by atoms with Gasteiger partial charge in [-0.25, -0.2) is 9.78 Å². The van der Waals surface area contributed by atoms with Crippen LogP contribution in [0.5, 0.6) is 5.88 Å². The smallest absolute Gasteiger partial charge is 0.422 e. The molecule has 0 aliphatic carbocycles. The quantitative estimate of drug-likeness (QED) is 0.816. The Balaban J connectivity index is 2.12. The van der Waals surface area contributed by atoms with Crippen LogP contribution in [0.4, 0.5) is 18.0 Å². The minimum Gasteiger partial charge on any atom is -0.468 e. The number of carbonyl (C=O) groups excluding carboxylic acids is 2. The fraction of sp³-hybridized carbons (Fsp3) is 0.364. The molecule has 2 N–H and O–H groups in total. The van der Waals surface area contributed by atoms with Crippen LogP contribution in [0.25, 0.3) is 0 Å². The first-order valence-electron chi connectivity index (χ1n) is 5.50. The van der Waals surface area contributed by atoms with Crippen molar-refractivity contribution in [3.05, 3.63) is 23.9 Å². The van der Waals surface area contributed by atoms with Gasteiger partial charge in [-0.1, -0.05) is 0 Å². The zero-order chi connectivity index (χ0) is 15.0. The van der Waals surface area contributed by atoms with Gasteiger partial charge in [0, 0.05) is 17.8 Å². The number of alkyl halides is 3. The molecule has 2 heterocycles. The second kappa shape index (κ2) is 4.66. The van der Waals surface area contributed by atoms with Gasteiger partial charge in [-0.3, -0.25) is 10.1 Å². The van der Waals surface area contributed by atoms with Crippen molar-refractivity contribution in [1.82, 2.24) is 15.6 Å². The fourth-order valence-electron chi connectivity index (χ4n) is 1.66. The summed E-state index contributed by atoms with van der Waals surface area (Å²) in [5.41, 5.74) is -0.965. The highest BCUT2D eigenvalue weighted by Gasteiger charge is 2.43. The normalized spacial score (nSPS) is 22.4. The number of pyridine rings is 1. The number of amides is 3. The highest BCUT2D eigenvalue weighted by molar-refractivity contribution is 6.07. The van der Waals surface area contributed by atoms with E-state index in [1.165, 1.54) is 25.3 Å². The molecular weight excluding hydrogens is 279 g/mol. The molecule has 0 saturated carbocycles. The number of nitrogens with zero attached hydrogens (tertiary/aromatic N) is 1. The van der Waals surface area contributed by atoms with E-state index in [0.29, 0.717) is 5.56 Å². The summed E-state index contributed by atoms with van der Waals surface area (Å²) in [5, 5.41) is 4.48. The molecule has 0 aromatic carbocycles. The predicted molar refractivity (Wildman–Crippen MR) is 59.8 cm³/mol. The van der Waals surface area contributed by atoms with Crippen molar-refractivity contribution in [1.29, 1.82) is 0 Å². The van der Waals surface area contributed by atoms with E-state index in [4.69, 9.17) is 0 Å². The lowest BCUT2D eigenvalue weighted by Gasteiger charge is -2.20. The van der Waals surface area contributed by atoms with Gasteiger partial charge in [0.25, 0.3) is 5.91 Å². The van der Waals surface area contributed by atoms with E-state index >= 15 is 0 Å². The van der Waals surface area contributed by atoms with Crippen LogP contribution >= 0.6 is 0 Å². The van der Waals surface area contributed by atoms with Crippen LogP contribution in [0.3, 0.4) is 0 Å². The predicted octanol–water partition coefficient (Wildman–Crippen LogP) is 1.08. The molecule has 20 heavy (non-hydrogen) atoms. The van der Waals surface area contributed by atoms with E-state index in [2.05, 4.69) is 20.4 Å². The van der Waals surface area contributed by atoms with Gasteiger partial charge in [-0.05, 0) is 13.0 Å². The zero-order valence-corrected chi connectivity index (χ0v) is 10.2. The largest absolute Gasteiger partial charge is 0.468 e. The van der Waals surface area contributed by atoms with E-state index in [9.17, 15) is 22.8 Å². The number of nitrogens with one attached hydrogen (secondary N) is 2. The Morgan fingerprint density at radius 3 is 2.50 bits per heavy atom. The van der Waals surface area contributed by atoms with E-state index in [-0.39, 0.29) is 5.88 Å². The van der Waals surface area contributed by atoms with Crippen LogP contribution in [0.1, 0.15) is 12.5 Å². The number of ether oxygens (including phenoxy) is 1. The zero-order valence-electron chi connectivity index (χ0n) is 10.2. The van der Waals surface area contributed by atoms with Crippen LogP contribution in [-0.2, 0) is 10.3 Å². The SMILES string of the molecule is CC1(c2ccc(OCC(F)(F)F)nc2)NC(=O)NC1=O. The molecule has 1 fully saturated rings. The summed E-state index contributed by atoms with van der Waals surface area (Å²) < 4.78 is 40.4. The van der Waals surface area contributed by atoms with Gasteiger partial charge in [0.15, 0.2) is 6.61 Å². The van der Waals surface area contributed by atoms with Gasteiger partial charge >= 0.3 is 12.2 Å². The third kappa shape index (κ3) is 2.81. The Morgan fingerprint density at radius 1 is 1.35 bits per heavy atom. The molecule has 1 atom stereocenters. The fourth-order valence-corrected chi connectivity index (χ4v) is 1.66. The molecule has 1 aromatic rings. The lowest BCUT2D eigenvalue weighted by Crippen LogP contribution is -2.40. The Labute approximate surface area is 111 Å². The summed E-state index contributed by atoms with van der Waals surface area (Å²) in [6.07, 6.45) is -3.28. The summed E-state index contributed by atoms with van der Waals surface area (Å²) in [6.45, 7) is 0.00826. The van der Waals surface area contributed by atoms with Crippen LogP contribution < -0.4 is 15.4 Å². The Hall–Kier alpha value is -2.32. The van der Waals surface area contributed by atoms with Gasteiger partial charge in [-0.2, -0.15) is 13.2 Å². The van der Waals surface area contributed by atoms with Gasteiger partial charge in [-0.15, -0.1) is 0 Å². The van der Waals surface area contributed by atoms with Crippen molar-refractivity contribution in [2.24, 2.45) is 0 Å². The minimum absolute atomic E-state index is 0.223. The lowest BCUT2D eigenvalue weighted by atomic mass is 9.94. The number of hydrogen-bond donors (Lipinski definition) is 2. The molecule has 0 bridgehead atoms. The number of rotatable bonds is 3. The number of halogens is 3. The standard InChI is InChI=1S/C11H10F3N3O3/c1-10(8(18)16-9(19)17-10)6-2-3-7(15-4-6)20-5-11(12,13)14/h2-4H,5H2,1H3,(H2,16,17,18,19). The minimum atomic E-state index is -4.45. The average Bonchev–Trinajstić information content (AvgIpc) is 2.61. The van der Waals surface area contributed by atoms with Crippen molar-refractivity contribution in [3.63, 3.8) is 0 Å². The maximum atomic E-state index is 12.0. The highest BCUT2D eigenvalue weighted by atomic mass is 19.4. The Morgan fingerprint density at radius 2 is 2.05 bits per heavy atom. The maximum Gasteiger partial charge on any atom is 0.422 e. The topological polar surface area (TPSA) is 80.3 Å². The van der Waals surface area contributed by atoms with Crippen LogP contribution in [0.2, 0.25) is 0 Å². The number of hydrogen-bond acceptors (Lipinski definition) is 4. The first-order valence-corrected chi connectivity index (χ1v) is 5.50. The number of urea groups is 1.